The molecular formula is C4H14Cl2Si2. The van der Waals surface area contributed by atoms with Crippen LogP contribution in [0.3, 0.4) is 0 Å². The minimum Gasteiger partial charge on any atom is -0.146 e. The molecule has 0 aromatic heterocycles. The van der Waals surface area contributed by atoms with Gasteiger partial charge in [-0.1, -0.05) is 13.8 Å². The average molecular weight is 189 g/mol. The first-order valence-electron chi connectivity index (χ1n) is 2.50. The van der Waals surface area contributed by atoms with E-state index in [-0.39, 0.29) is 11.0 Å². The van der Waals surface area contributed by atoms with Crippen molar-refractivity contribution in [2.75, 3.05) is 0 Å². The molecule has 0 saturated carbocycles. The van der Waals surface area contributed by atoms with E-state index in [1.165, 1.54) is 0 Å². The monoisotopic (exact) mass is 188 g/mol. The number of hydrogen-bond donors (Lipinski definition) is 0. The van der Waals surface area contributed by atoms with Crippen LogP contribution < -0.4 is 0 Å². The lowest BCUT2D eigenvalue weighted by molar-refractivity contribution is 1.33. The molecule has 0 unspecified atom stereocenters. The molecular weight excluding hydrogens is 175 g/mol. The average Bonchev–Trinajstić information content (AvgIpc) is 1.68. The molecule has 0 aromatic rings. The molecule has 0 rings (SSSR count). The van der Waals surface area contributed by atoms with Crippen molar-refractivity contribution < 1.29 is 0 Å². The Morgan fingerprint density at radius 1 is 1.12 bits per heavy atom. The van der Waals surface area contributed by atoms with Crippen molar-refractivity contribution in [1.29, 1.82) is 0 Å². The van der Waals surface area contributed by atoms with E-state index in [1.54, 1.807) is 0 Å². The molecule has 8 heavy (non-hydrogen) atoms. The van der Waals surface area contributed by atoms with Crippen LogP contribution in [0.4, 0.5) is 0 Å². The highest BCUT2D eigenvalue weighted by Gasteiger charge is 2.21. The first kappa shape index (κ1) is 11.8. The van der Waals surface area contributed by atoms with E-state index >= 15 is 0 Å². The summed E-state index contributed by atoms with van der Waals surface area (Å²) in [6.07, 6.45) is 0. The SMILES string of the molecule is CC[Si](Cl)(Cl)CC.[SiH4]. The van der Waals surface area contributed by atoms with Crippen molar-refractivity contribution in [2.45, 2.75) is 25.9 Å². The maximum absolute atomic E-state index is 5.81. The molecule has 0 heterocycles. The smallest absolute Gasteiger partial charge is 0.146 e. The van der Waals surface area contributed by atoms with Crippen molar-refractivity contribution in [2.24, 2.45) is 0 Å². The summed E-state index contributed by atoms with van der Waals surface area (Å²) in [4.78, 5) is 0. The van der Waals surface area contributed by atoms with Crippen LogP contribution in [-0.2, 0) is 0 Å². The van der Waals surface area contributed by atoms with Gasteiger partial charge in [0.15, 0.2) is 0 Å². The number of hydrogen-bond acceptors (Lipinski definition) is 0. The molecule has 0 fully saturated rings. The van der Waals surface area contributed by atoms with Crippen molar-refractivity contribution >= 4 is 39.8 Å². The second-order valence-corrected chi connectivity index (χ2v) is 9.61. The van der Waals surface area contributed by atoms with Crippen LogP contribution >= 0.6 is 22.2 Å². The Labute approximate surface area is 66.0 Å². The first-order chi connectivity index (χ1) is 3.12. The second-order valence-electron chi connectivity index (χ2n) is 1.56. The molecule has 0 aliphatic rings. The lowest BCUT2D eigenvalue weighted by Crippen LogP contribution is -2.13. The molecule has 0 N–H and O–H groups in total. The second kappa shape index (κ2) is 4.85. The molecule has 0 radical (unpaired) electrons. The lowest BCUT2D eigenvalue weighted by Gasteiger charge is -2.08. The van der Waals surface area contributed by atoms with Gasteiger partial charge in [-0.15, -0.1) is 22.2 Å². The van der Waals surface area contributed by atoms with Crippen molar-refractivity contribution in [3.63, 3.8) is 0 Å². The largest absolute Gasteiger partial charge is 0.250 e. The van der Waals surface area contributed by atoms with Crippen LogP contribution in [-0.4, -0.2) is 17.7 Å². The molecule has 0 amide bonds. The zero-order chi connectivity index (χ0) is 5.91. The van der Waals surface area contributed by atoms with Gasteiger partial charge in [0.2, 0.25) is 0 Å². The molecule has 0 aliphatic heterocycles. The Morgan fingerprint density at radius 3 is 1.38 bits per heavy atom. The highest BCUT2D eigenvalue weighted by Crippen LogP contribution is 2.23. The molecule has 0 saturated heterocycles. The van der Waals surface area contributed by atoms with Gasteiger partial charge in [0, 0.05) is 0 Å². The van der Waals surface area contributed by atoms with Crippen LogP contribution in [0.1, 0.15) is 13.8 Å². The van der Waals surface area contributed by atoms with Gasteiger partial charge in [-0.05, 0) is 23.1 Å². The normalized spacial score (nSPS) is 10.5. The summed E-state index contributed by atoms with van der Waals surface area (Å²) in [5, 5.41) is 0. The Hall–Kier alpha value is 1.01. The quantitative estimate of drug-likeness (QED) is 0.456. The molecule has 52 valence electrons. The minimum absolute atomic E-state index is 0. The summed E-state index contributed by atoms with van der Waals surface area (Å²) in [7, 11) is 0. The van der Waals surface area contributed by atoms with Crippen molar-refractivity contribution in [3.8, 4) is 0 Å². The third-order valence-corrected chi connectivity index (χ3v) is 6.31. The Morgan fingerprint density at radius 2 is 1.38 bits per heavy atom. The van der Waals surface area contributed by atoms with E-state index in [2.05, 4.69) is 0 Å². The fourth-order valence-corrected chi connectivity index (χ4v) is 0.750. The fraction of sp³-hybridized carbons (Fsp3) is 1.00. The molecule has 0 aliphatic carbocycles. The summed E-state index contributed by atoms with van der Waals surface area (Å²) < 4.78 is 0. The Balaban J connectivity index is 0. The van der Waals surface area contributed by atoms with Gasteiger partial charge in [-0.25, -0.2) is 0 Å². The first-order valence-corrected chi connectivity index (χ1v) is 6.94. The van der Waals surface area contributed by atoms with Gasteiger partial charge in [0.05, 0.1) is 0 Å². The van der Waals surface area contributed by atoms with E-state index in [0.29, 0.717) is 0 Å². The van der Waals surface area contributed by atoms with E-state index in [0.717, 1.165) is 12.1 Å². The fourth-order valence-electron chi connectivity index (χ4n) is 0.250. The maximum Gasteiger partial charge on any atom is 0.250 e. The van der Waals surface area contributed by atoms with Crippen LogP contribution in [0, 0.1) is 0 Å². The predicted octanol–water partition coefficient (Wildman–Crippen LogP) is 1.49. The van der Waals surface area contributed by atoms with Gasteiger partial charge in [0.25, 0.3) is 6.69 Å². The third-order valence-electron chi connectivity index (χ3n) is 1.03. The summed E-state index contributed by atoms with van der Waals surface area (Å²) in [6, 6.07) is 1.93. The molecule has 0 aromatic carbocycles. The van der Waals surface area contributed by atoms with Crippen LogP contribution in [0.25, 0.3) is 0 Å². The van der Waals surface area contributed by atoms with Gasteiger partial charge in [0.1, 0.15) is 0 Å². The zero-order valence-corrected chi connectivity index (χ0v) is 7.18. The van der Waals surface area contributed by atoms with Crippen LogP contribution in [0.2, 0.25) is 12.1 Å². The molecule has 0 atom stereocenters. The Kier molecular flexibility index (Phi) is 7.14. The third kappa shape index (κ3) is 5.16. The van der Waals surface area contributed by atoms with E-state index in [9.17, 15) is 0 Å². The van der Waals surface area contributed by atoms with Crippen molar-refractivity contribution in [3.05, 3.63) is 0 Å². The summed E-state index contributed by atoms with van der Waals surface area (Å²) in [5.74, 6) is 0. The van der Waals surface area contributed by atoms with E-state index in [4.69, 9.17) is 22.2 Å². The number of rotatable bonds is 2. The van der Waals surface area contributed by atoms with Gasteiger partial charge in [-0.2, -0.15) is 0 Å². The standard InChI is InChI=1S/C4H10Cl2Si.H4Si/c1-3-7(5,6)4-2;/h3-4H2,1-2H3;1H4. The number of halogens is 2. The summed E-state index contributed by atoms with van der Waals surface area (Å²) in [6.45, 7) is 2.37. The van der Waals surface area contributed by atoms with Gasteiger partial charge < -0.3 is 0 Å². The molecule has 0 bridgehead atoms. The topological polar surface area (TPSA) is 0 Å². The minimum atomic E-state index is -1.71. The Bertz CT molecular complexity index is 50.0. The molecule has 0 nitrogen and oxygen atoms in total. The lowest BCUT2D eigenvalue weighted by atomic mass is 11.0. The maximum atomic E-state index is 5.81. The van der Waals surface area contributed by atoms with Crippen LogP contribution in [0.15, 0.2) is 0 Å². The summed E-state index contributed by atoms with van der Waals surface area (Å²) in [5.41, 5.74) is 0. The van der Waals surface area contributed by atoms with Gasteiger partial charge >= 0.3 is 0 Å². The highest BCUT2D eigenvalue weighted by atomic mass is 35.7. The van der Waals surface area contributed by atoms with E-state index < -0.39 is 6.69 Å². The predicted molar refractivity (Wildman–Crippen MR) is 49.8 cm³/mol. The highest BCUT2D eigenvalue weighted by molar-refractivity contribution is 7.45. The summed E-state index contributed by atoms with van der Waals surface area (Å²) >= 11 is 11.6. The molecule has 4 heteroatoms. The van der Waals surface area contributed by atoms with Gasteiger partial charge in [-0.3, -0.25) is 0 Å². The molecule has 0 spiro atoms. The zero-order valence-electron chi connectivity index (χ0n) is 4.67. The van der Waals surface area contributed by atoms with Crippen LogP contribution in [0.5, 0.6) is 0 Å². The van der Waals surface area contributed by atoms with Crippen molar-refractivity contribution in [1.82, 2.24) is 0 Å². The van der Waals surface area contributed by atoms with E-state index in [1.807, 2.05) is 13.8 Å².